The fourth-order valence-electron chi connectivity index (χ4n) is 4.36. The van der Waals surface area contributed by atoms with Crippen molar-refractivity contribution >= 4 is 16.9 Å². The van der Waals surface area contributed by atoms with E-state index in [4.69, 9.17) is 15.5 Å². The van der Waals surface area contributed by atoms with Gasteiger partial charge in [0.05, 0.1) is 11.3 Å². The third-order valence-corrected chi connectivity index (χ3v) is 6.21. The van der Waals surface area contributed by atoms with E-state index in [1.54, 1.807) is 48.2 Å². The molecule has 0 saturated carbocycles. The van der Waals surface area contributed by atoms with Gasteiger partial charge in [-0.3, -0.25) is 4.79 Å². The third-order valence-electron chi connectivity index (χ3n) is 6.21. The van der Waals surface area contributed by atoms with Crippen LogP contribution in [0, 0.1) is 29.9 Å². The zero-order valence-electron chi connectivity index (χ0n) is 18.3. The van der Waals surface area contributed by atoms with Crippen LogP contribution in [0.2, 0.25) is 0 Å². The summed E-state index contributed by atoms with van der Waals surface area (Å²) in [4.78, 5) is 14.8. The lowest BCUT2D eigenvalue weighted by molar-refractivity contribution is 0.0791. The molecule has 0 spiro atoms. The lowest BCUT2D eigenvalue weighted by atomic mass is 9.91. The SMILES string of the molecule is Cc1noc2cc(-c3ccc(C(=O)N4CCC(N)C4)cc3-c3ccc(C#N)c(F)c3)c(F)cc12. The van der Waals surface area contributed by atoms with E-state index >= 15 is 4.39 Å². The number of fused-ring (bicyclic) bond motifs is 1. The van der Waals surface area contributed by atoms with Crippen LogP contribution in [0.3, 0.4) is 0 Å². The molecule has 1 amide bonds. The highest BCUT2D eigenvalue weighted by Crippen LogP contribution is 2.37. The number of carbonyl (C=O) groups is 1. The Morgan fingerprint density at radius 3 is 2.65 bits per heavy atom. The number of aromatic nitrogens is 1. The van der Waals surface area contributed by atoms with Gasteiger partial charge in [-0.15, -0.1) is 0 Å². The van der Waals surface area contributed by atoms with Gasteiger partial charge in [0.2, 0.25) is 0 Å². The molecule has 1 aliphatic rings. The van der Waals surface area contributed by atoms with E-state index in [0.717, 1.165) is 6.42 Å². The largest absolute Gasteiger partial charge is 0.356 e. The number of carbonyl (C=O) groups excluding carboxylic acids is 1. The summed E-state index contributed by atoms with van der Waals surface area (Å²) in [5.74, 6) is -1.40. The molecule has 1 unspecified atom stereocenters. The molecule has 1 fully saturated rings. The van der Waals surface area contributed by atoms with E-state index in [2.05, 4.69) is 5.16 Å². The molecule has 1 atom stereocenters. The minimum Gasteiger partial charge on any atom is -0.356 e. The number of halogens is 2. The number of hydrogen-bond acceptors (Lipinski definition) is 5. The van der Waals surface area contributed by atoms with Crippen molar-refractivity contribution < 1.29 is 18.1 Å². The van der Waals surface area contributed by atoms with Gasteiger partial charge in [0.15, 0.2) is 5.58 Å². The van der Waals surface area contributed by atoms with Gasteiger partial charge in [-0.1, -0.05) is 17.3 Å². The van der Waals surface area contributed by atoms with Crippen LogP contribution in [-0.4, -0.2) is 35.1 Å². The first kappa shape index (κ1) is 21.7. The number of nitrogens with two attached hydrogens (primary N) is 1. The van der Waals surface area contributed by atoms with E-state index < -0.39 is 11.6 Å². The molecule has 5 rings (SSSR count). The predicted octanol–water partition coefficient (Wildman–Crippen LogP) is 4.79. The molecule has 1 aliphatic heterocycles. The summed E-state index contributed by atoms with van der Waals surface area (Å²) < 4.78 is 35.0. The topological polar surface area (TPSA) is 96.2 Å². The predicted molar refractivity (Wildman–Crippen MR) is 123 cm³/mol. The second kappa shape index (κ2) is 8.36. The molecule has 170 valence electrons. The summed E-state index contributed by atoms with van der Waals surface area (Å²) in [5, 5.41) is 13.5. The summed E-state index contributed by atoms with van der Waals surface area (Å²) in [5.41, 5.74) is 8.76. The Balaban J connectivity index is 1.69. The van der Waals surface area contributed by atoms with E-state index in [0.29, 0.717) is 52.0 Å². The van der Waals surface area contributed by atoms with E-state index in [1.807, 2.05) is 0 Å². The van der Waals surface area contributed by atoms with Gasteiger partial charge >= 0.3 is 0 Å². The van der Waals surface area contributed by atoms with E-state index in [9.17, 15) is 9.18 Å². The van der Waals surface area contributed by atoms with Crippen molar-refractivity contribution in [2.45, 2.75) is 19.4 Å². The fourth-order valence-corrected chi connectivity index (χ4v) is 4.36. The monoisotopic (exact) mass is 458 g/mol. The van der Waals surface area contributed by atoms with Gasteiger partial charge in [0.25, 0.3) is 5.91 Å². The average molecular weight is 458 g/mol. The number of benzene rings is 3. The molecule has 2 N–H and O–H groups in total. The van der Waals surface area contributed by atoms with Crippen LogP contribution in [0.4, 0.5) is 8.78 Å². The minimum absolute atomic E-state index is 0.0681. The first-order valence-corrected chi connectivity index (χ1v) is 10.8. The van der Waals surface area contributed by atoms with Crippen molar-refractivity contribution in [2.24, 2.45) is 5.73 Å². The van der Waals surface area contributed by atoms with Crippen LogP contribution in [0.15, 0.2) is 53.1 Å². The molecule has 1 saturated heterocycles. The van der Waals surface area contributed by atoms with Crippen molar-refractivity contribution in [3.63, 3.8) is 0 Å². The van der Waals surface area contributed by atoms with Crippen LogP contribution >= 0.6 is 0 Å². The molecule has 8 heteroatoms. The van der Waals surface area contributed by atoms with E-state index in [-0.39, 0.29) is 23.1 Å². The van der Waals surface area contributed by atoms with Crippen LogP contribution < -0.4 is 5.73 Å². The zero-order chi connectivity index (χ0) is 24.0. The first-order chi connectivity index (χ1) is 16.4. The summed E-state index contributed by atoms with van der Waals surface area (Å²) in [6.45, 7) is 2.73. The molecule has 3 aromatic carbocycles. The molecule has 34 heavy (non-hydrogen) atoms. The van der Waals surface area contributed by atoms with Crippen molar-refractivity contribution in [1.29, 1.82) is 5.26 Å². The van der Waals surface area contributed by atoms with Gasteiger partial charge in [-0.25, -0.2) is 8.78 Å². The van der Waals surface area contributed by atoms with Crippen LogP contribution in [0.25, 0.3) is 33.2 Å². The standard InChI is InChI=1S/C26H20F2N4O2/c1-14-20-10-24(28)22(11-25(20)34-31-14)19-5-4-16(26(33)32-7-6-18(30)13-32)8-21(19)15-2-3-17(12-29)23(27)9-15/h2-5,8-11,18H,6-7,13,30H2,1H3. The summed E-state index contributed by atoms with van der Waals surface area (Å²) in [6.07, 6.45) is 0.722. The minimum atomic E-state index is -0.699. The van der Waals surface area contributed by atoms with Crippen LogP contribution in [0.5, 0.6) is 0 Å². The second-order valence-corrected chi connectivity index (χ2v) is 8.46. The summed E-state index contributed by atoms with van der Waals surface area (Å²) in [7, 11) is 0. The molecule has 4 aromatic rings. The first-order valence-electron chi connectivity index (χ1n) is 10.8. The van der Waals surface area contributed by atoms with Crippen molar-refractivity contribution in [3.05, 3.63) is 77.0 Å². The number of nitrogens with zero attached hydrogens (tertiary/aromatic N) is 3. The quantitative estimate of drug-likeness (QED) is 0.476. The van der Waals surface area contributed by atoms with Gasteiger partial charge in [-0.05, 0) is 66.4 Å². The van der Waals surface area contributed by atoms with E-state index in [1.165, 1.54) is 18.2 Å². The number of aryl methyl sites for hydroxylation is 1. The highest BCUT2D eigenvalue weighted by atomic mass is 19.1. The number of rotatable bonds is 3. The lowest BCUT2D eigenvalue weighted by Crippen LogP contribution is -2.31. The molecular formula is C26H20F2N4O2. The highest BCUT2D eigenvalue weighted by molar-refractivity contribution is 5.98. The smallest absolute Gasteiger partial charge is 0.253 e. The average Bonchev–Trinajstić information content (AvgIpc) is 3.43. The molecule has 0 bridgehead atoms. The number of likely N-dealkylation sites (tertiary alicyclic amines) is 1. The fraction of sp³-hybridized carbons (Fsp3) is 0.192. The molecular weight excluding hydrogens is 438 g/mol. The Morgan fingerprint density at radius 1 is 1.12 bits per heavy atom. The molecule has 6 nitrogen and oxygen atoms in total. The van der Waals surface area contributed by atoms with Gasteiger partial charge in [0, 0.05) is 35.6 Å². The van der Waals surface area contributed by atoms with Crippen molar-refractivity contribution in [1.82, 2.24) is 10.1 Å². The summed E-state index contributed by atoms with van der Waals surface area (Å²) >= 11 is 0. The number of nitriles is 1. The Hall–Kier alpha value is -4.09. The molecule has 1 aromatic heterocycles. The van der Waals surface area contributed by atoms with Crippen molar-refractivity contribution in [3.8, 4) is 28.3 Å². The lowest BCUT2D eigenvalue weighted by Gasteiger charge is -2.18. The summed E-state index contributed by atoms with van der Waals surface area (Å²) in [6, 6.07) is 13.7. The van der Waals surface area contributed by atoms with Crippen LogP contribution in [-0.2, 0) is 0 Å². The Kier molecular flexibility index (Phi) is 5.34. The maximum atomic E-state index is 15.2. The van der Waals surface area contributed by atoms with Gasteiger partial charge in [0.1, 0.15) is 17.7 Å². The second-order valence-electron chi connectivity index (χ2n) is 8.46. The maximum absolute atomic E-state index is 15.2. The normalized spacial score (nSPS) is 15.6. The van der Waals surface area contributed by atoms with Gasteiger partial charge in [-0.2, -0.15) is 5.26 Å². The van der Waals surface area contributed by atoms with Crippen LogP contribution in [0.1, 0.15) is 28.0 Å². The highest BCUT2D eigenvalue weighted by Gasteiger charge is 2.26. The number of hydrogen-bond donors (Lipinski definition) is 1. The molecule has 2 heterocycles. The number of amides is 1. The third kappa shape index (κ3) is 3.70. The molecule has 0 radical (unpaired) electrons. The zero-order valence-corrected chi connectivity index (χ0v) is 18.3. The Labute approximate surface area is 194 Å². The van der Waals surface area contributed by atoms with Gasteiger partial charge < -0.3 is 15.2 Å². The Bertz CT molecular complexity index is 1490. The molecule has 0 aliphatic carbocycles. The maximum Gasteiger partial charge on any atom is 0.253 e. The Morgan fingerprint density at radius 2 is 1.94 bits per heavy atom. The van der Waals surface area contributed by atoms with Crippen molar-refractivity contribution in [2.75, 3.05) is 13.1 Å².